The Bertz CT molecular complexity index is 1070. The lowest BCUT2D eigenvalue weighted by atomic mass is 9.40. The highest BCUT2D eigenvalue weighted by molar-refractivity contribution is 6.67. The van der Waals surface area contributed by atoms with E-state index in [1.54, 1.807) is 4.90 Å². The lowest BCUT2D eigenvalue weighted by Gasteiger charge is -2.40. The summed E-state index contributed by atoms with van der Waals surface area (Å²) in [6, 6.07) is 20.6. The second-order valence-corrected chi connectivity index (χ2v) is 10.4. The van der Waals surface area contributed by atoms with Crippen molar-refractivity contribution in [3.63, 3.8) is 0 Å². The average Bonchev–Trinajstić information content (AvgIpc) is 3.17. The first-order valence-electron chi connectivity index (χ1n) is 12.9. The summed E-state index contributed by atoms with van der Waals surface area (Å²) < 4.78 is 0. The Hall–Kier alpha value is -3.27. The number of likely N-dealkylation sites (tertiary alicyclic amines) is 1. The van der Waals surface area contributed by atoms with Gasteiger partial charge in [-0.3, -0.25) is 9.59 Å². The summed E-state index contributed by atoms with van der Waals surface area (Å²) in [6.45, 7) is 2.09. The fraction of sp³-hybridized carbons (Fsp3) is 0.464. The fourth-order valence-electron chi connectivity index (χ4n) is 6.14. The Labute approximate surface area is 208 Å². The van der Waals surface area contributed by atoms with Crippen LogP contribution >= 0.6 is 0 Å². The van der Waals surface area contributed by atoms with Gasteiger partial charge in [0.2, 0.25) is 11.8 Å². The van der Waals surface area contributed by atoms with E-state index in [-0.39, 0.29) is 25.1 Å². The van der Waals surface area contributed by atoms with Gasteiger partial charge in [-0.2, -0.15) is 0 Å². The van der Waals surface area contributed by atoms with Crippen LogP contribution < -0.4 is 4.90 Å². The van der Waals surface area contributed by atoms with Crippen LogP contribution in [0.15, 0.2) is 60.7 Å². The highest BCUT2D eigenvalue weighted by Crippen LogP contribution is 2.42. The summed E-state index contributed by atoms with van der Waals surface area (Å²) >= 11 is 0. The molecular weight excluding hydrogens is 435 g/mol. The Kier molecular flexibility index (Phi) is 6.81. The molecule has 3 aliphatic rings. The Morgan fingerprint density at radius 2 is 1.63 bits per heavy atom. The molecule has 5 rings (SSSR count). The number of carbonyl (C=O) groups is 2. The minimum absolute atomic E-state index is 0.0129. The molecule has 2 aromatic rings. The zero-order valence-electron chi connectivity index (χ0n) is 20.3. The van der Waals surface area contributed by atoms with Gasteiger partial charge in [0, 0.05) is 24.7 Å². The van der Waals surface area contributed by atoms with Crippen molar-refractivity contribution >= 4 is 24.2 Å². The van der Waals surface area contributed by atoms with Crippen molar-refractivity contribution in [2.45, 2.75) is 50.3 Å². The molecule has 6 nitrogen and oxygen atoms in total. The zero-order valence-corrected chi connectivity index (χ0v) is 20.3. The van der Waals surface area contributed by atoms with Gasteiger partial charge >= 0.3 is 0 Å². The first-order chi connectivity index (χ1) is 17.1. The number of hydrogen-bond acceptors (Lipinski definition) is 4. The molecule has 0 radical (unpaired) electrons. The molecule has 0 unspecified atom stereocenters. The van der Waals surface area contributed by atoms with Gasteiger partial charge in [0.25, 0.3) is 6.71 Å². The van der Waals surface area contributed by atoms with Gasteiger partial charge in [-0.15, -0.1) is 0 Å². The lowest BCUT2D eigenvalue weighted by molar-refractivity contribution is -0.141. The molecule has 0 atom stereocenters. The van der Waals surface area contributed by atoms with Crippen LogP contribution in [0.3, 0.4) is 0 Å². The maximum Gasteiger partial charge on any atom is 0.268 e. The van der Waals surface area contributed by atoms with Crippen LogP contribution in [0.25, 0.3) is 0 Å². The average molecular weight is 468 g/mol. The minimum atomic E-state index is -0.641. The predicted octanol–water partition coefficient (Wildman–Crippen LogP) is 3.86. The van der Waals surface area contributed by atoms with Crippen LogP contribution in [-0.4, -0.2) is 60.2 Å². The number of carbonyl (C=O) groups excluding carboxylic acids is 2. The van der Waals surface area contributed by atoms with Gasteiger partial charge in [-0.1, -0.05) is 61.2 Å². The first-order valence-corrected chi connectivity index (χ1v) is 12.9. The van der Waals surface area contributed by atoms with Gasteiger partial charge in [-0.05, 0) is 55.7 Å². The van der Waals surface area contributed by atoms with Crippen LogP contribution in [0.5, 0.6) is 0 Å². The van der Waals surface area contributed by atoms with Crippen molar-refractivity contribution in [2.75, 3.05) is 31.2 Å². The largest absolute Gasteiger partial charge is 0.341 e. The van der Waals surface area contributed by atoms with Crippen molar-refractivity contribution < 1.29 is 9.59 Å². The summed E-state index contributed by atoms with van der Waals surface area (Å²) in [4.78, 5) is 32.9. The van der Waals surface area contributed by atoms with E-state index in [9.17, 15) is 14.9 Å². The molecule has 7 heteroatoms. The number of anilines is 1. The number of nitriles is 1. The van der Waals surface area contributed by atoms with Crippen LogP contribution in [0, 0.1) is 17.1 Å². The fourth-order valence-corrected chi connectivity index (χ4v) is 6.14. The van der Waals surface area contributed by atoms with Crippen molar-refractivity contribution in [1.29, 1.82) is 5.26 Å². The summed E-state index contributed by atoms with van der Waals surface area (Å²) in [5.41, 5.74) is 1.72. The van der Waals surface area contributed by atoms with E-state index >= 15 is 0 Å². The monoisotopic (exact) mass is 468 g/mol. The number of amides is 2. The van der Waals surface area contributed by atoms with Crippen LogP contribution in [-0.2, 0) is 16.0 Å². The topological polar surface area (TPSA) is 67.6 Å². The third kappa shape index (κ3) is 4.80. The molecule has 1 spiro atoms. The molecule has 2 aromatic carbocycles. The number of piperidine rings is 1. The third-order valence-electron chi connectivity index (χ3n) is 8.24. The van der Waals surface area contributed by atoms with Gasteiger partial charge in [0.1, 0.15) is 12.1 Å². The zero-order chi connectivity index (χ0) is 24.3. The molecule has 2 amide bonds. The van der Waals surface area contributed by atoms with E-state index in [4.69, 9.17) is 0 Å². The molecule has 0 aliphatic carbocycles. The van der Waals surface area contributed by atoms with E-state index in [1.165, 1.54) is 5.56 Å². The minimum Gasteiger partial charge on any atom is -0.341 e. The number of hydrogen-bond donors (Lipinski definition) is 0. The summed E-state index contributed by atoms with van der Waals surface area (Å²) in [5, 5.41) is 9.38. The number of rotatable bonds is 5. The third-order valence-corrected chi connectivity index (χ3v) is 8.24. The van der Waals surface area contributed by atoms with Crippen molar-refractivity contribution in [3.8, 4) is 5.97 Å². The van der Waals surface area contributed by atoms with E-state index in [2.05, 4.69) is 35.1 Å². The van der Waals surface area contributed by atoms with Gasteiger partial charge < -0.3 is 14.7 Å². The molecule has 3 heterocycles. The molecule has 0 bridgehead atoms. The molecule has 3 fully saturated rings. The Balaban J connectivity index is 1.23. The maximum absolute atomic E-state index is 13.8. The summed E-state index contributed by atoms with van der Waals surface area (Å²) in [6.07, 6.45) is 5.84. The molecule has 35 heavy (non-hydrogen) atoms. The van der Waals surface area contributed by atoms with Gasteiger partial charge in [0.05, 0.1) is 6.67 Å². The SMILES string of the molecule is N#CB1CCC2(CC1)C(=O)N(CC(=O)N1CCC(Cc3ccccc3)CC1)CN2c1ccccc1. The molecule has 0 saturated carbocycles. The molecule has 3 saturated heterocycles. The number of benzene rings is 2. The van der Waals surface area contributed by atoms with E-state index in [0.717, 1.165) is 50.7 Å². The van der Waals surface area contributed by atoms with Gasteiger partial charge in [-0.25, -0.2) is 5.26 Å². The second kappa shape index (κ2) is 10.2. The molecule has 0 N–H and O–H groups in total. The van der Waals surface area contributed by atoms with E-state index in [0.29, 0.717) is 25.4 Å². The van der Waals surface area contributed by atoms with Crippen molar-refractivity contribution in [3.05, 3.63) is 66.2 Å². The maximum atomic E-state index is 13.8. The Morgan fingerprint density at radius 3 is 2.26 bits per heavy atom. The predicted molar refractivity (Wildman–Crippen MR) is 138 cm³/mol. The highest BCUT2D eigenvalue weighted by atomic mass is 16.2. The molecular formula is C28H33BN4O2. The summed E-state index contributed by atoms with van der Waals surface area (Å²) in [5.74, 6) is 3.07. The molecule has 0 aromatic heterocycles. The summed E-state index contributed by atoms with van der Waals surface area (Å²) in [7, 11) is 0. The smallest absolute Gasteiger partial charge is 0.268 e. The van der Waals surface area contributed by atoms with Crippen molar-refractivity contribution in [2.24, 2.45) is 5.92 Å². The standard InChI is InChI=1S/C28H33BN4O2/c30-21-29-15-13-28(14-16-29)27(35)32(22-33(28)25-9-5-2-6-10-25)20-26(34)31-17-11-24(12-18-31)19-23-7-3-1-4-8-23/h1-10,24H,11-20,22H2. The van der Waals surface area contributed by atoms with Crippen LogP contribution in [0.1, 0.15) is 31.2 Å². The van der Waals surface area contributed by atoms with E-state index in [1.807, 2.05) is 41.3 Å². The molecule has 180 valence electrons. The van der Waals surface area contributed by atoms with Gasteiger partial charge in [0.15, 0.2) is 0 Å². The second-order valence-electron chi connectivity index (χ2n) is 10.4. The number of nitrogens with zero attached hydrogens (tertiary/aromatic N) is 4. The van der Waals surface area contributed by atoms with Crippen LogP contribution in [0.4, 0.5) is 5.69 Å². The first kappa shape index (κ1) is 23.5. The van der Waals surface area contributed by atoms with Crippen molar-refractivity contribution in [1.82, 2.24) is 9.80 Å². The normalized spacial score (nSPS) is 20.4. The quantitative estimate of drug-likeness (QED) is 0.625. The number of para-hydroxylation sites is 1. The van der Waals surface area contributed by atoms with E-state index < -0.39 is 5.54 Å². The Morgan fingerprint density at radius 1 is 1.00 bits per heavy atom. The van der Waals surface area contributed by atoms with Crippen LogP contribution in [0.2, 0.25) is 12.6 Å². The lowest BCUT2D eigenvalue weighted by Crippen LogP contribution is -2.53. The molecule has 3 aliphatic heterocycles. The highest BCUT2D eigenvalue weighted by Gasteiger charge is 2.54.